The number of benzene rings is 2. The monoisotopic (exact) mass is 568 g/mol. The topological polar surface area (TPSA) is 178 Å². The maximum absolute atomic E-state index is 13.2. The van der Waals surface area contributed by atoms with Crippen LogP contribution in [0.5, 0.6) is 5.75 Å². The van der Waals surface area contributed by atoms with Gasteiger partial charge in [0.05, 0.1) is 18.6 Å². The number of amides is 1. The molecule has 1 aliphatic carbocycles. The first-order chi connectivity index (χ1) is 19.4. The maximum atomic E-state index is 13.2. The second kappa shape index (κ2) is 14.0. The van der Waals surface area contributed by atoms with E-state index in [1.165, 1.54) is 6.07 Å². The van der Waals surface area contributed by atoms with Crippen molar-refractivity contribution >= 4 is 23.3 Å². The molecule has 41 heavy (non-hydrogen) atoms. The number of Topliss-reactive ketones (excluding diaryl/α,β-unsaturated/α-hetero) is 3. The first kappa shape index (κ1) is 32.1. The molecule has 2 aromatic rings. The van der Waals surface area contributed by atoms with Crippen molar-refractivity contribution in [1.29, 1.82) is 0 Å². The molecular weight excluding hydrogens is 528 g/mol. The molecule has 10 nitrogen and oxygen atoms in total. The van der Waals surface area contributed by atoms with Crippen LogP contribution in [-0.2, 0) is 16.0 Å². The molecular formula is C31H40N2O8. The number of nitrogens with zero attached hydrogens (tertiary/aromatic N) is 1. The van der Waals surface area contributed by atoms with E-state index in [4.69, 9.17) is 5.73 Å². The lowest BCUT2D eigenvalue weighted by atomic mass is 9.71. The van der Waals surface area contributed by atoms with Crippen LogP contribution in [0.3, 0.4) is 0 Å². The average molecular weight is 569 g/mol. The van der Waals surface area contributed by atoms with Gasteiger partial charge in [-0.25, -0.2) is 0 Å². The molecule has 0 heterocycles. The largest absolute Gasteiger partial charge is 0.507 e. The third-order valence-corrected chi connectivity index (χ3v) is 7.89. The highest BCUT2D eigenvalue weighted by Crippen LogP contribution is 2.41. The van der Waals surface area contributed by atoms with Gasteiger partial charge < -0.3 is 31.1 Å². The summed E-state index contributed by atoms with van der Waals surface area (Å²) >= 11 is 0. The van der Waals surface area contributed by atoms with Gasteiger partial charge in [0, 0.05) is 25.0 Å². The second-order valence-electron chi connectivity index (χ2n) is 11.2. The standard InChI is InChI=1S/C31H40N2O8/c1-33(2)12-3-4-25(36)21-7-5-20(6-8-21)23-9-10-26(37)30-24(23)15-19(16-27(30)38)14-22(11-13-34)31(41,18-35)28(39)17-29(32)40/h5-10,19,22,34-35,37,41H,3-4,11-18H2,1-2H3,(H2,32,40)/t19?,22?,31-/m1/s1. The quantitative estimate of drug-likeness (QED) is 0.158. The molecule has 0 saturated heterocycles. The number of phenolic OH excluding ortho intramolecular Hbond substituents is 1. The summed E-state index contributed by atoms with van der Waals surface area (Å²) in [5, 5.41) is 41.2. The zero-order chi connectivity index (χ0) is 30.3. The molecule has 1 amide bonds. The molecule has 0 radical (unpaired) electrons. The van der Waals surface area contributed by atoms with Crippen LogP contribution in [0.15, 0.2) is 36.4 Å². The Hall–Kier alpha value is -3.44. The van der Waals surface area contributed by atoms with Gasteiger partial charge in [0.25, 0.3) is 0 Å². The fourth-order valence-corrected chi connectivity index (χ4v) is 5.72. The van der Waals surface area contributed by atoms with Crippen LogP contribution in [0, 0.1) is 11.8 Å². The van der Waals surface area contributed by atoms with E-state index in [0.717, 1.165) is 18.5 Å². The van der Waals surface area contributed by atoms with Crippen LogP contribution >= 0.6 is 0 Å². The van der Waals surface area contributed by atoms with Crippen LogP contribution < -0.4 is 5.73 Å². The highest BCUT2D eigenvalue weighted by molar-refractivity contribution is 6.03. The van der Waals surface area contributed by atoms with Gasteiger partial charge in [-0.05, 0) is 80.9 Å². The van der Waals surface area contributed by atoms with Gasteiger partial charge in [-0.1, -0.05) is 30.3 Å². The Labute approximate surface area is 239 Å². The van der Waals surface area contributed by atoms with Crippen molar-refractivity contribution in [2.24, 2.45) is 17.6 Å². The molecule has 0 saturated carbocycles. The highest BCUT2D eigenvalue weighted by Gasteiger charge is 2.45. The number of aliphatic hydroxyl groups excluding tert-OH is 2. The minimum atomic E-state index is -2.31. The van der Waals surface area contributed by atoms with E-state index in [2.05, 4.69) is 0 Å². The minimum absolute atomic E-state index is 0.0256. The van der Waals surface area contributed by atoms with Crippen molar-refractivity contribution in [1.82, 2.24) is 4.90 Å². The number of phenols is 1. The van der Waals surface area contributed by atoms with E-state index >= 15 is 0 Å². The molecule has 222 valence electrons. The molecule has 10 heteroatoms. The molecule has 1 aliphatic rings. The van der Waals surface area contributed by atoms with Gasteiger partial charge in [0.15, 0.2) is 17.3 Å². The smallest absolute Gasteiger partial charge is 0.224 e. The predicted molar refractivity (Wildman–Crippen MR) is 152 cm³/mol. The third kappa shape index (κ3) is 7.65. The predicted octanol–water partition coefficient (Wildman–Crippen LogP) is 1.89. The zero-order valence-corrected chi connectivity index (χ0v) is 23.6. The lowest BCUT2D eigenvalue weighted by molar-refractivity contribution is -0.153. The van der Waals surface area contributed by atoms with Gasteiger partial charge in [-0.2, -0.15) is 0 Å². The Morgan fingerprint density at radius 3 is 2.34 bits per heavy atom. The Bertz CT molecular complexity index is 1270. The number of aromatic hydroxyl groups is 1. The molecule has 2 aromatic carbocycles. The number of aliphatic hydroxyl groups is 3. The molecule has 0 fully saturated rings. The fourth-order valence-electron chi connectivity index (χ4n) is 5.72. The van der Waals surface area contributed by atoms with E-state index in [9.17, 15) is 39.6 Å². The van der Waals surface area contributed by atoms with E-state index < -0.39 is 36.2 Å². The average Bonchev–Trinajstić information content (AvgIpc) is 2.91. The summed E-state index contributed by atoms with van der Waals surface area (Å²) in [5.41, 5.74) is 5.70. The third-order valence-electron chi connectivity index (χ3n) is 7.89. The van der Waals surface area contributed by atoms with E-state index in [1.54, 1.807) is 18.2 Å². The van der Waals surface area contributed by atoms with Gasteiger partial charge in [-0.15, -0.1) is 0 Å². The van der Waals surface area contributed by atoms with Crippen LogP contribution in [0.4, 0.5) is 0 Å². The van der Waals surface area contributed by atoms with Crippen molar-refractivity contribution < 1.29 is 39.6 Å². The number of fused-ring (bicyclic) bond motifs is 1. The number of hydrogen-bond donors (Lipinski definition) is 5. The Morgan fingerprint density at radius 1 is 1.07 bits per heavy atom. The molecule has 6 N–H and O–H groups in total. The normalized spacial score (nSPS) is 17.1. The van der Waals surface area contributed by atoms with Crippen LogP contribution in [0.25, 0.3) is 11.1 Å². The molecule has 0 spiro atoms. The Kier molecular flexibility index (Phi) is 10.9. The van der Waals surface area contributed by atoms with Gasteiger partial charge in [-0.3, -0.25) is 19.2 Å². The van der Waals surface area contributed by atoms with Crippen molar-refractivity contribution in [2.75, 3.05) is 33.9 Å². The summed E-state index contributed by atoms with van der Waals surface area (Å²) in [6.07, 6.45) is 0.816. The summed E-state index contributed by atoms with van der Waals surface area (Å²) < 4.78 is 0. The van der Waals surface area contributed by atoms with Gasteiger partial charge in [0.2, 0.25) is 5.91 Å². The highest BCUT2D eigenvalue weighted by atomic mass is 16.3. The minimum Gasteiger partial charge on any atom is -0.507 e. The van der Waals surface area contributed by atoms with Gasteiger partial charge in [0.1, 0.15) is 11.4 Å². The van der Waals surface area contributed by atoms with Gasteiger partial charge >= 0.3 is 0 Å². The SMILES string of the molecule is CN(C)CCCC(=O)c1ccc(-c2ccc(O)c3c2CC(CC(CCO)[C@](O)(CO)C(=O)CC(N)=O)CC3=O)cc1. The zero-order valence-electron chi connectivity index (χ0n) is 23.6. The summed E-state index contributed by atoms with van der Waals surface area (Å²) in [6.45, 7) is -0.541. The van der Waals surface area contributed by atoms with Crippen LogP contribution in [-0.4, -0.2) is 88.0 Å². The molecule has 2 unspecified atom stereocenters. The number of primary amides is 1. The van der Waals surface area contributed by atoms with Crippen molar-refractivity contribution in [3.05, 3.63) is 53.1 Å². The first-order valence-electron chi connectivity index (χ1n) is 13.8. The summed E-state index contributed by atoms with van der Waals surface area (Å²) in [4.78, 5) is 51.8. The van der Waals surface area contributed by atoms with Crippen LogP contribution in [0.2, 0.25) is 0 Å². The molecule has 0 aromatic heterocycles. The maximum Gasteiger partial charge on any atom is 0.224 e. The molecule has 3 rings (SSSR count). The number of ketones is 3. The van der Waals surface area contributed by atoms with Crippen molar-refractivity contribution in [3.63, 3.8) is 0 Å². The summed E-state index contributed by atoms with van der Waals surface area (Å²) in [5.74, 6) is -3.63. The summed E-state index contributed by atoms with van der Waals surface area (Å²) in [7, 11) is 3.91. The van der Waals surface area contributed by atoms with E-state index in [1.807, 2.05) is 31.1 Å². The van der Waals surface area contributed by atoms with Crippen LogP contribution in [0.1, 0.15) is 64.8 Å². The molecule has 3 atom stereocenters. The molecule has 0 aliphatic heterocycles. The first-order valence-corrected chi connectivity index (χ1v) is 13.8. The van der Waals surface area contributed by atoms with E-state index in [-0.39, 0.29) is 54.7 Å². The number of hydrogen-bond acceptors (Lipinski definition) is 9. The number of nitrogens with two attached hydrogens (primary N) is 1. The Balaban J connectivity index is 1.89. The lowest BCUT2D eigenvalue weighted by Crippen LogP contribution is -2.51. The Morgan fingerprint density at radius 2 is 1.76 bits per heavy atom. The fraction of sp³-hybridized carbons (Fsp3) is 0.484. The summed E-state index contributed by atoms with van der Waals surface area (Å²) in [6, 6.07) is 10.3. The van der Waals surface area contributed by atoms with Crippen molar-refractivity contribution in [2.45, 2.75) is 50.5 Å². The number of carbonyl (C=O) groups excluding carboxylic acids is 4. The number of carbonyl (C=O) groups is 4. The van der Waals surface area contributed by atoms with E-state index in [0.29, 0.717) is 29.5 Å². The lowest BCUT2D eigenvalue weighted by Gasteiger charge is -2.36. The number of rotatable bonds is 15. The van der Waals surface area contributed by atoms with Crippen molar-refractivity contribution in [3.8, 4) is 16.9 Å². The molecule has 0 bridgehead atoms. The second-order valence-corrected chi connectivity index (χ2v) is 11.2.